The van der Waals surface area contributed by atoms with Gasteiger partial charge in [-0.15, -0.1) is 10.2 Å². The molecule has 0 bridgehead atoms. The zero-order valence-corrected chi connectivity index (χ0v) is 11.8. The molecule has 1 amide bonds. The first-order valence-corrected chi connectivity index (χ1v) is 7.09. The highest BCUT2D eigenvalue weighted by atomic mass is 16.6. The average molecular weight is 288 g/mol. The van der Waals surface area contributed by atoms with Gasteiger partial charge in [0.2, 0.25) is 5.65 Å². The number of rotatable bonds is 2. The fourth-order valence-electron chi connectivity index (χ4n) is 3.08. The van der Waals surface area contributed by atoms with Crippen LogP contribution in [0.15, 0.2) is 12.4 Å². The highest BCUT2D eigenvalue weighted by molar-refractivity contribution is 5.70. The summed E-state index contributed by atoms with van der Waals surface area (Å²) in [5.41, 5.74) is 0.764. The smallest absolute Gasteiger partial charge is 0.410 e. The van der Waals surface area contributed by atoms with E-state index < -0.39 is 0 Å². The number of amides is 1. The Labute approximate surface area is 121 Å². The number of anilines is 1. The minimum Gasteiger partial charge on any atom is -0.448 e. The van der Waals surface area contributed by atoms with Crippen LogP contribution in [0.25, 0.3) is 5.65 Å². The summed E-state index contributed by atoms with van der Waals surface area (Å²) in [7, 11) is 0. The molecule has 1 unspecified atom stereocenters. The Hall–Kier alpha value is -2.38. The third-order valence-electron chi connectivity index (χ3n) is 4.17. The molecular formula is C13H16N6O2. The monoisotopic (exact) mass is 288 g/mol. The van der Waals surface area contributed by atoms with Gasteiger partial charge < -0.3 is 9.64 Å². The van der Waals surface area contributed by atoms with Crippen LogP contribution in [0.5, 0.6) is 0 Å². The number of hydrogen-bond acceptors (Lipinski definition) is 6. The minimum absolute atomic E-state index is 0.186. The van der Waals surface area contributed by atoms with E-state index in [9.17, 15) is 4.79 Å². The normalized spacial score (nSPS) is 22.3. The van der Waals surface area contributed by atoms with Crippen LogP contribution < -0.4 is 4.90 Å². The maximum atomic E-state index is 11.7. The van der Waals surface area contributed by atoms with Crippen LogP contribution in [-0.4, -0.2) is 62.9 Å². The molecule has 8 heteroatoms. The van der Waals surface area contributed by atoms with Crippen molar-refractivity contribution in [3.05, 3.63) is 18.2 Å². The summed E-state index contributed by atoms with van der Waals surface area (Å²) in [6, 6.07) is 0.186. The highest BCUT2D eigenvalue weighted by Crippen LogP contribution is 2.25. The van der Waals surface area contributed by atoms with Gasteiger partial charge in [-0.05, 0) is 13.3 Å². The Balaban J connectivity index is 1.61. The number of hydrogen-bond donors (Lipinski definition) is 0. The molecule has 0 N–H and O–H groups in total. The first-order chi connectivity index (χ1) is 10.2. The molecule has 4 rings (SSSR count). The van der Waals surface area contributed by atoms with Crippen LogP contribution >= 0.6 is 0 Å². The highest BCUT2D eigenvalue weighted by Gasteiger charge is 2.35. The quantitative estimate of drug-likeness (QED) is 0.799. The number of aromatic nitrogens is 4. The van der Waals surface area contributed by atoms with Gasteiger partial charge in [-0.3, -0.25) is 9.30 Å². The zero-order valence-electron chi connectivity index (χ0n) is 11.8. The van der Waals surface area contributed by atoms with Gasteiger partial charge in [0.15, 0.2) is 5.82 Å². The molecule has 4 heterocycles. The Morgan fingerprint density at radius 3 is 3.05 bits per heavy atom. The van der Waals surface area contributed by atoms with Crippen LogP contribution in [0.3, 0.4) is 0 Å². The number of carbonyl (C=O) groups is 1. The number of aryl methyl sites for hydroxylation is 1. The third-order valence-corrected chi connectivity index (χ3v) is 4.17. The summed E-state index contributed by atoms with van der Waals surface area (Å²) in [4.78, 5) is 20.1. The van der Waals surface area contributed by atoms with Crippen molar-refractivity contribution in [2.24, 2.45) is 0 Å². The average Bonchev–Trinajstić information content (AvgIpc) is 3.19. The minimum atomic E-state index is -0.202. The van der Waals surface area contributed by atoms with Crippen molar-refractivity contribution in [3.63, 3.8) is 0 Å². The maximum Gasteiger partial charge on any atom is 0.410 e. The fourth-order valence-corrected chi connectivity index (χ4v) is 3.08. The van der Waals surface area contributed by atoms with E-state index in [1.165, 1.54) is 0 Å². The summed E-state index contributed by atoms with van der Waals surface area (Å²) in [6.07, 6.45) is 4.34. The van der Waals surface area contributed by atoms with Gasteiger partial charge >= 0.3 is 6.09 Å². The van der Waals surface area contributed by atoms with E-state index in [0.717, 1.165) is 36.8 Å². The topological polar surface area (TPSA) is 75.9 Å². The van der Waals surface area contributed by atoms with Gasteiger partial charge in [-0.25, -0.2) is 9.78 Å². The van der Waals surface area contributed by atoms with Crippen molar-refractivity contribution in [2.75, 3.05) is 31.1 Å². The lowest BCUT2D eigenvalue weighted by Crippen LogP contribution is -2.38. The SMILES string of the molecule is Cc1nnc2c(N3CCC(N4CCOC4=O)C3)nccn12. The molecule has 0 spiro atoms. The lowest BCUT2D eigenvalue weighted by molar-refractivity contribution is 0.150. The largest absolute Gasteiger partial charge is 0.448 e. The van der Waals surface area contributed by atoms with E-state index in [1.807, 2.05) is 22.4 Å². The van der Waals surface area contributed by atoms with Crippen LogP contribution in [0, 0.1) is 6.92 Å². The summed E-state index contributed by atoms with van der Waals surface area (Å²) in [5.74, 6) is 1.67. The molecule has 2 aliphatic rings. The molecule has 2 aliphatic heterocycles. The van der Waals surface area contributed by atoms with Crippen molar-refractivity contribution in [1.29, 1.82) is 0 Å². The van der Waals surface area contributed by atoms with Gasteiger partial charge in [0.25, 0.3) is 0 Å². The maximum absolute atomic E-state index is 11.7. The fraction of sp³-hybridized carbons (Fsp3) is 0.538. The Bertz CT molecular complexity index is 699. The van der Waals surface area contributed by atoms with Crippen LogP contribution in [0.4, 0.5) is 10.6 Å². The van der Waals surface area contributed by atoms with Crippen LogP contribution in [0.1, 0.15) is 12.2 Å². The molecule has 2 aromatic rings. The van der Waals surface area contributed by atoms with E-state index in [1.54, 1.807) is 6.20 Å². The van der Waals surface area contributed by atoms with Gasteiger partial charge in [-0.2, -0.15) is 0 Å². The van der Waals surface area contributed by atoms with Crippen molar-refractivity contribution in [1.82, 2.24) is 24.5 Å². The summed E-state index contributed by atoms with van der Waals surface area (Å²) < 4.78 is 6.95. The van der Waals surface area contributed by atoms with Gasteiger partial charge in [-0.1, -0.05) is 0 Å². The second kappa shape index (κ2) is 4.57. The molecule has 21 heavy (non-hydrogen) atoms. The number of ether oxygens (including phenoxy) is 1. The van der Waals surface area contributed by atoms with E-state index in [2.05, 4.69) is 20.1 Å². The second-order valence-corrected chi connectivity index (χ2v) is 5.39. The summed E-state index contributed by atoms with van der Waals surface area (Å²) in [5, 5.41) is 8.30. The molecule has 2 saturated heterocycles. The number of nitrogens with zero attached hydrogens (tertiary/aromatic N) is 6. The molecule has 0 aliphatic carbocycles. The Morgan fingerprint density at radius 2 is 2.24 bits per heavy atom. The van der Waals surface area contributed by atoms with Crippen molar-refractivity contribution >= 4 is 17.6 Å². The van der Waals surface area contributed by atoms with Crippen molar-refractivity contribution in [3.8, 4) is 0 Å². The van der Waals surface area contributed by atoms with Crippen molar-refractivity contribution < 1.29 is 9.53 Å². The predicted molar refractivity (Wildman–Crippen MR) is 74.2 cm³/mol. The van der Waals surface area contributed by atoms with Gasteiger partial charge in [0, 0.05) is 25.5 Å². The van der Waals surface area contributed by atoms with E-state index >= 15 is 0 Å². The van der Waals surface area contributed by atoms with Crippen LogP contribution in [0.2, 0.25) is 0 Å². The van der Waals surface area contributed by atoms with Gasteiger partial charge in [0.1, 0.15) is 12.4 Å². The molecular weight excluding hydrogens is 272 g/mol. The number of cyclic esters (lactones) is 1. The molecule has 8 nitrogen and oxygen atoms in total. The molecule has 0 aromatic carbocycles. The Morgan fingerprint density at radius 1 is 1.33 bits per heavy atom. The molecule has 2 fully saturated rings. The van der Waals surface area contributed by atoms with E-state index in [4.69, 9.17) is 4.74 Å². The molecule has 110 valence electrons. The summed E-state index contributed by atoms with van der Waals surface area (Å²) >= 11 is 0. The lowest BCUT2D eigenvalue weighted by atomic mass is 10.2. The number of fused-ring (bicyclic) bond motifs is 1. The predicted octanol–water partition coefficient (Wildman–Crippen LogP) is 0.464. The van der Waals surface area contributed by atoms with Crippen LogP contribution in [-0.2, 0) is 4.74 Å². The molecule has 1 atom stereocenters. The van der Waals surface area contributed by atoms with E-state index in [0.29, 0.717) is 13.2 Å². The molecule has 0 saturated carbocycles. The zero-order chi connectivity index (χ0) is 14.4. The lowest BCUT2D eigenvalue weighted by Gasteiger charge is -2.22. The Kier molecular flexibility index (Phi) is 2.69. The summed E-state index contributed by atoms with van der Waals surface area (Å²) in [6.45, 7) is 4.70. The first kappa shape index (κ1) is 12.4. The van der Waals surface area contributed by atoms with Crippen molar-refractivity contribution in [2.45, 2.75) is 19.4 Å². The second-order valence-electron chi connectivity index (χ2n) is 5.39. The number of carbonyl (C=O) groups excluding carboxylic acids is 1. The molecule has 2 aromatic heterocycles. The van der Waals surface area contributed by atoms with Gasteiger partial charge in [0.05, 0.1) is 12.6 Å². The first-order valence-electron chi connectivity index (χ1n) is 7.09. The third kappa shape index (κ3) is 1.90. The van der Waals surface area contributed by atoms with E-state index in [-0.39, 0.29) is 12.1 Å². The standard InChI is InChI=1S/C13H16N6O2/c1-9-15-16-12-11(14-3-5-18(9)12)17-4-2-10(8-17)19-6-7-21-13(19)20/h3,5,10H,2,4,6-8H2,1H3. The molecule has 0 radical (unpaired) electrons.